The molecule has 0 saturated carbocycles. The number of aromatic nitrogens is 2. The van der Waals surface area contributed by atoms with Crippen LogP contribution >= 0.6 is 0 Å². The molecule has 1 heterocycles. The first kappa shape index (κ1) is 9.73. The molecular weight excluding hydrogens is 168 g/mol. The van der Waals surface area contributed by atoms with E-state index in [-0.39, 0.29) is 12.6 Å². The van der Waals surface area contributed by atoms with E-state index in [1.807, 2.05) is 6.92 Å². The lowest BCUT2D eigenvalue weighted by Crippen LogP contribution is -2.17. The number of aliphatic hydroxyl groups is 1. The molecule has 0 aliphatic heterocycles. The molecular formula is C8H14N4O. The van der Waals surface area contributed by atoms with Gasteiger partial charge < -0.3 is 16.2 Å². The fraction of sp³-hybridized carbons (Fsp3) is 0.500. The minimum Gasteiger partial charge on any atom is -0.396 e. The van der Waals surface area contributed by atoms with Crippen LogP contribution in [-0.4, -0.2) is 28.0 Å². The number of hydrogen-bond donors (Lipinski definition) is 3. The standard InChI is InChI=1S/C8H14N4O/c1-6(4-5-13)10-8-3-2-7(9)11-12-8/h2-3,6,13H,4-5H2,1H3,(H2,9,11)(H,10,12). The summed E-state index contributed by atoms with van der Waals surface area (Å²) in [7, 11) is 0. The monoisotopic (exact) mass is 182 g/mol. The van der Waals surface area contributed by atoms with Gasteiger partial charge in [-0.15, -0.1) is 10.2 Å². The SMILES string of the molecule is CC(CCO)Nc1ccc(N)nn1. The van der Waals surface area contributed by atoms with E-state index < -0.39 is 0 Å². The summed E-state index contributed by atoms with van der Waals surface area (Å²) in [6.45, 7) is 2.13. The number of rotatable bonds is 4. The predicted octanol–water partition coefficient (Wildman–Crippen LogP) is 0.242. The van der Waals surface area contributed by atoms with Gasteiger partial charge in [0.25, 0.3) is 0 Å². The summed E-state index contributed by atoms with van der Waals surface area (Å²) < 4.78 is 0. The van der Waals surface area contributed by atoms with Gasteiger partial charge in [0.1, 0.15) is 11.6 Å². The van der Waals surface area contributed by atoms with Gasteiger partial charge in [-0.2, -0.15) is 0 Å². The minimum absolute atomic E-state index is 0.163. The van der Waals surface area contributed by atoms with Crippen molar-refractivity contribution >= 4 is 11.6 Å². The Kier molecular flexibility index (Phi) is 3.45. The molecule has 0 radical (unpaired) electrons. The van der Waals surface area contributed by atoms with E-state index in [2.05, 4.69) is 15.5 Å². The number of anilines is 2. The number of nitrogens with zero attached hydrogens (tertiary/aromatic N) is 2. The fourth-order valence-electron chi connectivity index (χ4n) is 0.938. The summed E-state index contributed by atoms with van der Waals surface area (Å²) in [5.74, 6) is 1.08. The van der Waals surface area contributed by atoms with Gasteiger partial charge in [-0.3, -0.25) is 0 Å². The highest BCUT2D eigenvalue weighted by Crippen LogP contribution is 2.05. The van der Waals surface area contributed by atoms with E-state index in [4.69, 9.17) is 10.8 Å². The molecule has 0 spiro atoms. The Labute approximate surface area is 77.0 Å². The summed E-state index contributed by atoms with van der Waals surface area (Å²) in [5.41, 5.74) is 5.37. The molecule has 0 fully saturated rings. The van der Waals surface area contributed by atoms with Crippen LogP contribution in [0.5, 0.6) is 0 Å². The van der Waals surface area contributed by atoms with E-state index in [9.17, 15) is 0 Å². The first-order valence-corrected chi connectivity index (χ1v) is 4.19. The maximum atomic E-state index is 8.66. The van der Waals surface area contributed by atoms with Gasteiger partial charge in [0.15, 0.2) is 0 Å². The second-order valence-electron chi connectivity index (χ2n) is 2.90. The van der Waals surface area contributed by atoms with Crippen molar-refractivity contribution in [2.45, 2.75) is 19.4 Å². The first-order valence-electron chi connectivity index (χ1n) is 4.19. The Morgan fingerprint density at radius 1 is 1.54 bits per heavy atom. The number of nitrogen functional groups attached to an aromatic ring is 1. The van der Waals surface area contributed by atoms with E-state index in [1.54, 1.807) is 12.1 Å². The average Bonchev–Trinajstić information content (AvgIpc) is 2.09. The summed E-state index contributed by atoms with van der Waals surface area (Å²) in [6.07, 6.45) is 0.687. The van der Waals surface area contributed by atoms with Gasteiger partial charge in [-0.05, 0) is 25.5 Å². The van der Waals surface area contributed by atoms with Gasteiger partial charge >= 0.3 is 0 Å². The molecule has 1 atom stereocenters. The summed E-state index contributed by atoms with van der Waals surface area (Å²) in [4.78, 5) is 0. The van der Waals surface area contributed by atoms with E-state index >= 15 is 0 Å². The highest BCUT2D eigenvalue weighted by molar-refractivity contribution is 5.38. The van der Waals surface area contributed by atoms with Gasteiger partial charge in [-0.25, -0.2) is 0 Å². The van der Waals surface area contributed by atoms with Crippen LogP contribution < -0.4 is 11.1 Å². The Hall–Kier alpha value is -1.36. The molecule has 0 aliphatic rings. The fourth-order valence-corrected chi connectivity index (χ4v) is 0.938. The highest BCUT2D eigenvalue weighted by atomic mass is 16.3. The van der Waals surface area contributed by atoms with Gasteiger partial charge in [-0.1, -0.05) is 0 Å². The molecule has 0 aliphatic carbocycles. The molecule has 1 unspecified atom stereocenters. The number of hydrogen-bond acceptors (Lipinski definition) is 5. The first-order chi connectivity index (χ1) is 6.22. The van der Waals surface area contributed by atoms with Gasteiger partial charge in [0.05, 0.1) is 0 Å². The normalized spacial score (nSPS) is 12.5. The highest BCUT2D eigenvalue weighted by Gasteiger charge is 2.01. The molecule has 1 aromatic rings. The van der Waals surface area contributed by atoms with Crippen molar-refractivity contribution in [1.82, 2.24) is 10.2 Å². The van der Waals surface area contributed by atoms with Crippen molar-refractivity contribution in [3.63, 3.8) is 0 Å². The molecule has 72 valence electrons. The second kappa shape index (κ2) is 4.61. The van der Waals surface area contributed by atoms with Crippen molar-refractivity contribution in [2.24, 2.45) is 0 Å². The molecule has 0 aromatic carbocycles. The quantitative estimate of drug-likeness (QED) is 0.621. The molecule has 0 bridgehead atoms. The zero-order chi connectivity index (χ0) is 9.68. The lowest BCUT2D eigenvalue weighted by atomic mass is 10.2. The predicted molar refractivity (Wildman–Crippen MR) is 51.2 cm³/mol. The molecule has 0 amide bonds. The van der Waals surface area contributed by atoms with E-state index in [0.29, 0.717) is 18.1 Å². The molecule has 4 N–H and O–H groups in total. The Balaban J connectivity index is 2.49. The number of aliphatic hydroxyl groups excluding tert-OH is 1. The van der Waals surface area contributed by atoms with Crippen LogP contribution in [0.1, 0.15) is 13.3 Å². The van der Waals surface area contributed by atoms with Gasteiger partial charge in [0, 0.05) is 12.6 Å². The van der Waals surface area contributed by atoms with E-state index in [0.717, 1.165) is 0 Å². The zero-order valence-corrected chi connectivity index (χ0v) is 7.57. The van der Waals surface area contributed by atoms with Crippen molar-refractivity contribution in [3.05, 3.63) is 12.1 Å². The van der Waals surface area contributed by atoms with Crippen LogP contribution in [0.3, 0.4) is 0 Å². The summed E-state index contributed by atoms with van der Waals surface area (Å²) in [6, 6.07) is 3.62. The smallest absolute Gasteiger partial charge is 0.149 e. The maximum Gasteiger partial charge on any atom is 0.149 e. The molecule has 1 rings (SSSR count). The Morgan fingerprint density at radius 3 is 2.85 bits per heavy atom. The molecule has 13 heavy (non-hydrogen) atoms. The zero-order valence-electron chi connectivity index (χ0n) is 7.57. The van der Waals surface area contributed by atoms with Crippen molar-refractivity contribution in [3.8, 4) is 0 Å². The third-order valence-corrected chi connectivity index (χ3v) is 1.64. The van der Waals surface area contributed by atoms with E-state index in [1.165, 1.54) is 0 Å². The van der Waals surface area contributed by atoms with Crippen molar-refractivity contribution < 1.29 is 5.11 Å². The average molecular weight is 182 g/mol. The Bertz CT molecular complexity index is 249. The van der Waals surface area contributed by atoms with Crippen LogP contribution in [0.25, 0.3) is 0 Å². The lowest BCUT2D eigenvalue weighted by Gasteiger charge is -2.11. The molecule has 5 heteroatoms. The van der Waals surface area contributed by atoms with Crippen LogP contribution in [0.2, 0.25) is 0 Å². The number of nitrogens with two attached hydrogens (primary N) is 1. The lowest BCUT2D eigenvalue weighted by molar-refractivity contribution is 0.282. The molecule has 1 aromatic heterocycles. The summed E-state index contributed by atoms with van der Waals surface area (Å²) in [5, 5.41) is 19.3. The third kappa shape index (κ3) is 3.25. The van der Waals surface area contributed by atoms with Crippen LogP contribution in [-0.2, 0) is 0 Å². The van der Waals surface area contributed by atoms with Crippen LogP contribution in [0.4, 0.5) is 11.6 Å². The topological polar surface area (TPSA) is 84.1 Å². The second-order valence-corrected chi connectivity index (χ2v) is 2.90. The van der Waals surface area contributed by atoms with Crippen molar-refractivity contribution in [2.75, 3.05) is 17.7 Å². The summed E-state index contributed by atoms with van der Waals surface area (Å²) >= 11 is 0. The Morgan fingerprint density at radius 2 is 2.31 bits per heavy atom. The third-order valence-electron chi connectivity index (χ3n) is 1.64. The largest absolute Gasteiger partial charge is 0.396 e. The van der Waals surface area contributed by atoms with Crippen molar-refractivity contribution in [1.29, 1.82) is 0 Å². The van der Waals surface area contributed by atoms with Crippen LogP contribution in [0.15, 0.2) is 12.1 Å². The van der Waals surface area contributed by atoms with Gasteiger partial charge in [0.2, 0.25) is 0 Å². The number of nitrogens with one attached hydrogen (secondary N) is 1. The molecule has 0 saturated heterocycles. The molecule has 5 nitrogen and oxygen atoms in total. The maximum absolute atomic E-state index is 8.66. The minimum atomic E-state index is 0.163. The van der Waals surface area contributed by atoms with Crippen LogP contribution in [0, 0.1) is 0 Å².